The van der Waals surface area contributed by atoms with Crippen molar-refractivity contribution in [3.05, 3.63) is 29.8 Å². The number of alkyl halides is 3. The number of ether oxygens (including phenoxy) is 1. The third-order valence-corrected chi connectivity index (χ3v) is 3.96. The van der Waals surface area contributed by atoms with Crippen molar-refractivity contribution in [2.75, 3.05) is 19.6 Å². The first kappa shape index (κ1) is 20.9. The van der Waals surface area contributed by atoms with Crippen LogP contribution in [0, 0.1) is 5.92 Å². The Morgan fingerprint density at radius 2 is 1.92 bits per heavy atom. The second-order valence-corrected chi connectivity index (χ2v) is 5.82. The van der Waals surface area contributed by atoms with Gasteiger partial charge in [0.05, 0.1) is 0 Å². The van der Waals surface area contributed by atoms with E-state index in [0.717, 1.165) is 25.9 Å². The van der Waals surface area contributed by atoms with Gasteiger partial charge in [-0.25, -0.2) is 0 Å². The van der Waals surface area contributed by atoms with Crippen molar-refractivity contribution in [1.82, 2.24) is 4.90 Å². The van der Waals surface area contributed by atoms with Crippen molar-refractivity contribution in [3.63, 3.8) is 0 Å². The fraction of sp³-hybridized carbons (Fsp3) is 0.562. The number of nitrogens with zero attached hydrogens (tertiary/aromatic N) is 2. The molecule has 8 heteroatoms. The minimum atomic E-state index is -4.69. The molecule has 0 radical (unpaired) electrons. The van der Waals surface area contributed by atoms with Crippen LogP contribution in [0.3, 0.4) is 0 Å². The lowest BCUT2D eigenvalue weighted by atomic mass is 10.00. The number of hydrogen-bond acceptors (Lipinski definition) is 2. The predicted molar refractivity (Wildman–Crippen MR) is 98.7 cm³/mol. The number of aliphatic imine (C=N–C) groups is 1. The Bertz CT molecular complexity index is 544. The Balaban J connectivity index is 0.00000288. The highest BCUT2D eigenvalue weighted by molar-refractivity contribution is 14.0. The number of guanidine groups is 1. The molecule has 24 heavy (non-hydrogen) atoms. The summed E-state index contributed by atoms with van der Waals surface area (Å²) in [6, 6.07) is 6.10. The maximum absolute atomic E-state index is 12.4. The second-order valence-electron chi connectivity index (χ2n) is 5.82. The van der Waals surface area contributed by atoms with E-state index in [1.807, 2.05) is 4.90 Å². The van der Waals surface area contributed by atoms with Gasteiger partial charge in [-0.2, -0.15) is 0 Å². The molecule has 0 unspecified atom stereocenters. The van der Waals surface area contributed by atoms with E-state index in [4.69, 9.17) is 5.73 Å². The summed E-state index contributed by atoms with van der Waals surface area (Å²) in [5, 5.41) is 0. The van der Waals surface area contributed by atoms with Gasteiger partial charge >= 0.3 is 6.36 Å². The van der Waals surface area contributed by atoms with E-state index in [0.29, 0.717) is 30.4 Å². The molecule has 0 amide bonds. The summed E-state index contributed by atoms with van der Waals surface area (Å²) in [6.45, 7) is 4.30. The van der Waals surface area contributed by atoms with Gasteiger partial charge in [-0.05, 0) is 36.8 Å². The summed E-state index contributed by atoms with van der Waals surface area (Å²) in [6.07, 6.45) is -2.18. The highest BCUT2D eigenvalue weighted by Gasteiger charge is 2.31. The molecule has 2 N–H and O–H groups in total. The standard InChI is InChI=1S/C16H22F3N3O.HI/c1-12-7-10-22(11-8-12)15(20)21-9-6-13-4-2-3-5-14(13)23-16(17,18)19;/h2-5,12H,6-11H2,1H3,(H2,20,21);1H. The molecule has 1 saturated heterocycles. The smallest absolute Gasteiger partial charge is 0.406 e. The Hall–Kier alpha value is -1.19. The number of piperidine rings is 1. The van der Waals surface area contributed by atoms with Crippen LogP contribution in [0.15, 0.2) is 29.3 Å². The highest BCUT2D eigenvalue weighted by Crippen LogP contribution is 2.26. The zero-order chi connectivity index (χ0) is 16.9. The summed E-state index contributed by atoms with van der Waals surface area (Å²) in [5.74, 6) is 0.983. The van der Waals surface area contributed by atoms with Gasteiger partial charge in [-0.1, -0.05) is 25.1 Å². The van der Waals surface area contributed by atoms with E-state index < -0.39 is 6.36 Å². The molecule has 0 saturated carbocycles. The molecule has 1 aromatic carbocycles. The molecule has 136 valence electrons. The summed E-state index contributed by atoms with van der Waals surface area (Å²) in [4.78, 5) is 6.32. The van der Waals surface area contributed by atoms with Crippen LogP contribution in [-0.2, 0) is 6.42 Å². The van der Waals surface area contributed by atoms with E-state index >= 15 is 0 Å². The molecule has 0 bridgehead atoms. The molecule has 1 aromatic rings. The van der Waals surface area contributed by atoms with Crippen LogP contribution in [-0.4, -0.2) is 36.9 Å². The normalized spacial score (nSPS) is 16.7. The first-order valence-corrected chi connectivity index (χ1v) is 7.73. The molecule has 1 fully saturated rings. The lowest BCUT2D eigenvalue weighted by Crippen LogP contribution is -2.42. The van der Waals surface area contributed by atoms with Gasteiger partial charge in [0.15, 0.2) is 5.96 Å². The first-order chi connectivity index (χ1) is 10.8. The molecule has 2 rings (SSSR count). The summed E-state index contributed by atoms with van der Waals surface area (Å²) in [7, 11) is 0. The fourth-order valence-corrected chi connectivity index (χ4v) is 2.56. The maximum atomic E-state index is 12.4. The monoisotopic (exact) mass is 457 g/mol. The van der Waals surface area contributed by atoms with Crippen LogP contribution < -0.4 is 10.5 Å². The van der Waals surface area contributed by atoms with Crippen molar-refractivity contribution in [2.45, 2.75) is 32.5 Å². The summed E-state index contributed by atoms with van der Waals surface area (Å²) >= 11 is 0. The van der Waals surface area contributed by atoms with Gasteiger partial charge in [-0.3, -0.25) is 4.99 Å². The lowest BCUT2D eigenvalue weighted by Gasteiger charge is -2.31. The van der Waals surface area contributed by atoms with Crippen molar-refractivity contribution in [3.8, 4) is 5.75 Å². The molecule has 1 aliphatic rings. The molecular formula is C16H23F3IN3O. The number of rotatable bonds is 4. The summed E-state index contributed by atoms with van der Waals surface area (Å²) < 4.78 is 41.1. The number of likely N-dealkylation sites (tertiary alicyclic amines) is 1. The number of nitrogens with two attached hydrogens (primary N) is 1. The predicted octanol–water partition coefficient (Wildman–Crippen LogP) is 3.79. The third-order valence-electron chi connectivity index (χ3n) is 3.96. The highest BCUT2D eigenvalue weighted by atomic mass is 127. The minimum absolute atomic E-state index is 0. The van der Waals surface area contributed by atoms with Crippen LogP contribution >= 0.6 is 24.0 Å². The Labute approximate surface area is 157 Å². The van der Waals surface area contributed by atoms with Crippen molar-refractivity contribution in [2.24, 2.45) is 16.6 Å². The Kier molecular flexibility index (Phi) is 8.11. The molecule has 0 aromatic heterocycles. The summed E-state index contributed by atoms with van der Waals surface area (Å²) in [5.41, 5.74) is 6.43. The molecule has 1 heterocycles. The van der Waals surface area contributed by atoms with Crippen LogP contribution in [0.25, 0.3) is 0 Å². The molecule has 4 nitrogen and oxygen atoms in total. The average molecular weight is 457 g/mol. The number of hydrogen-bond donors (Lipinski definition) is 1. The van der Waals surface area contributed by atoms with E-state index in [-0.39, 0.29) is 29.7 Å². The zero-order valence-electron chi connectivity index (χ0n) is 13.6. The van der Waals surface area contributed by atoms with Gasteiger partial charge in [-0.15, -0.1) is 37.1 Å². The minimum Gasteiger partial charge on any atom is -0.406 e. The number of halogens is 4. The van der Waals surface area contributed by atoms with Gasteiger partial charge < -0.3 is 15.4 Å². The molecule has 0 atom stereocenters. The molecular weight excluding hydrogens is 434 g/mol. The van der Waals surface area contributed by atoms with E-state index in [1.54, 1.807) is 12.1 Å². The van der Waals surface area contributed by atoms with Crippen molar-refractivity contribution in [1.29, 1.82) is 0 Å². The molecule has 1 aliphatic heterocycles. The van der Waals surface area contributed by atoms with Crippen LogP contribution in [0.1, 0.15) is 25.3 Å². The fourth-order valence-electron chi connectivity index (χ4n) is 2.56. The van der Waals surface area contributed by atoms with Crippen molar-refractivity contribution >= 4 is 29.9 Å². The second kappa shape index (κ2) is 9.33. The maximum Gasteiger partial charge on any atom is 0.573 e. The van der Waals surface area contributed by atoms with Crippen molar-refractivity contribution < 1.29 is 17.9 Å². The Morgan fingerprint density at radius 3 is 2.54 bits per heavy atom. The van der Waals surface area contributed by atoms with Crippen LogP contribution in [0.4, 0.5) is 13.2 Å². The van der Waals surface area contributed by atoms with Gasteiger partial charge in [0.1, 0.15) is 5.75 Å². The van der Waals surface area contributed by atoms with Gasteiger partial charge in [0, 0.05) is 19.6 Å². The van der Waals surface area contributed by atoms with E-state index in [9.17, 15) is 13.2 Å². The SMILES string of the molecule is CC1CCN(C(N)=NCCc2ccccc2OC(F)(F)F)CC1.I. The quantitative estimate of drug-likeness (QED) is 0.426. The first-order valence-electron chi connectivity index (χ1n) is 7.73. The van der Waals surface area contributed by atoms with Gasteiger partial charge in [0.2, 0.25) is 0 Å². The van der Waals surface area contributed by atoms with E-state index in [1.165, 1.54) is 12.1 Å². The Morgan fingerprint density at radius 1 is 1.29 bits per heavy atom. The van der Waals surface area contributed by atoms with Crippen LogP contribution in [0.5, 0.6) is 5.75 Å². The largest absolute Gasteiger partial charge is 0.573 e. The van der Waals surface area contributed by atoms with Gasteiger partial charge in [0.25, 0.3) is 0 Å². The average Bonchev–Trinajstić information content (AvgIpc) is 2.48. The van der Waals surface area contributed by atoms with Crippen LogP contribution in [0.2, 0.25) is 0 Å². The number of para-hydroxylation sites is 1. The lowest BCUT2D eigenvalue weighted by molar-refractivity contribution is -0.274. The third kappa shape index (κ3) is 6.74. The zero-order valence-corrected chi connectivity index (χ0v) is 15.9. The topological polar surface area (TPSA) is 50.8 Å². The number of benzene rings is 1. The molecule has 0 spiro atoms. The molecule has 0 aliphatic carbocycles. The van der Waals surface area contributed by atoms with E-state index in [2.05, 4.69) is 16.7 Å².